The minimum Gasteiger partial charge on any atom is -0.0683 e. The number of hydrogen-bond donors (Lipinski definition) is 0. The molecule has 0 heterocycles. The lowest BCUT2D eigenvalue weighted by Crippen LogP contribution is -1.94. The van der Waals surface area contributed by atoms with Gasteiger partial charge in [-0.25, -0.2) is 0 Å². The summed E-state index contributed by atoms with van der Waals surface area (Å²) in [6, 6.07) is 11.3. The van der Waals surface area contributed by atoms with Gasteiger partial charge in [0.05, 0.1) is 0 Å². The normalized spacial score (nSPS) is 13.4. The number of benzene rings is 2. The van der Waals surface area contributed by atoms with Crippen molar-refractivity contribution in [2.75, 3.05) is 0 Å². The van der Waals surface area contributed by atoms with Crippen molar-refractivity contribution >= 4 is 6.08 Å². The van der Waals surface area contributed by atoms with Gasteiger partial charge in [0.2, 0.25) is 0 Å². The molecule has 96 valence electrons. The van der Waals surface area contributed by atoms with Gasteiger partial charge in [0.25, 0.3) is 0 Å². The number of allylic oxidation sites excluding steroid dienone is 1. The van der Waals surface area contributed by atoms with E-state index in [0.29, 0.717) is 0 Å². The van der Waals surface area contributed by atoms with Gasteiger partial charge < -0.3 is 0 Å². The van der Waals surface area contributed by atoms with Crippen LogP contribution in [0.15, 0.2) is 35.9 Å². The van der Waals surface area contributed by atoms with Gasteiger partial charge >= 0.3 is 0 Å². The molecule has 0 aromatic heterocycles. The van der Waals surface area contributed by atoms with Crippen LogP contribution in [0.2, 0.25) is 0 Å². The molecule has 0 heteroatoms. The second kappa shape index (κ2) is 4.38. The summed E-state index contributed by atoms with van der Waals surface area (Å²) in [6.07, 6.45) is 3.41. The molecule has 1 aliphatic rings. The smallest absolute Gasteiger partial charge is 0.00544 e. The first-order valence-corrected chi connectivity index (χ1v) is 6.93. The Labute approximate surface area is 115 Å². The maximum Gasteiger partial charge on any atom is -0.00544 e. The van der Waals surface area contributed by atoms with Gasteiger partial charge in [-0.2, -0.15) is 0 Å². The fourth-order valence-electron chi connectivity index (χ4n) is 3.04. The van der Waals surface area contributed by atoms with E-state index in [1.165, 1.54) is 44.5 Å². The highest BCUT2D eigenvalue weighted by Gasteiger charge is 2.16. The van der Waals surface area contributed by atoms with E-state index in [1.54, 1.807) is 0 Å². The molecule has 0 spiro atoms. The van der Waals surface area contributed by atoms with Gasteiger partial charge in [-0.3, -0.25) is 0 Å². The predicted octanol–water partition coefficient (Wildman–Crippen LogP) is 5.24. The Morgan fingerprint density at radius 3 is 2.32 bits per heavy atom. The molecule has 0 saturated carbocycles. The summed E-state index contributed by atoms with van der Waals surface area (Å²) in [4.78, 5) is 0. The fourth-order valence-corrected chi connectivity index (χ4v) is 3.04. The third-order valence-corrected chi connectivity index (χ3v) is 4.20. The largest absolute Gasteiger partial charge is 0.0683 e. The summed E-state index contributed by atoms with van der Waals surface area (Å²) in [7, 11) is 0. The van der Waals surface area contributed by atoms with Gasteiger partial charge in [-0.15, -0.1) is 0 Å². The Kier molecular flexibility index (Phi) is 2.82. The van der Waals surface area contributed by atoms with Crippen molar-refractivity contribution < 1.29 is 0 Å². The van der Waals surface area contributed by atoms with Crippen molar-refractivity contribution in [2.45, 2.75) is 34.1 Å². The Balaban J connectivity index is 2.21. The molecule has 19 heavy (non-hydrogen) atoms. The minimum absolute atomic E-state index is 1.10. The molecule has 0 nitrogen and oxygen atoms in total. The molecule has 0 atom stereocenters. The highest BCUT2D eigenvalue weighted by Crippen LogP contribution is 2.36. The summed E-state index contributed by atoms with van der Waals surface area (Å²) in [5.41, 5.74) is 11.3. The van der Waals surface area contributed by atoms with Crippen LogP contribution in [0.1, 0.15) is 34.7 Å². The first-order valence-electron chi connectivity index (χ1n) is 6.93. The van der Waals surface area contributed by atoms with Gasteiger partial charge in [0.15, 0.2) is 0 Å². The maximum absolute atomic E-state index is 2.34. The van der Waals surface area contributed by atoms with Gasteiger partial charge in [-0.1, -0.05) is 42.0 Å². The van der Waals surface area contributed by atoms with E-state index in [-0.39, 0.29) is 0 Å². The van der Waals surface area contributed by atoms with Crippen molar-refractivity contribution in [1.82, 2.24) is 0 Å². The number of fused-ring (bicyclic) bond motifs is 1. The average molecular weight is 248 g/mol. The fraction of sp³-hybridized carbons (Fsp3) is 0.263. The molecule has 0 unspecified atom stereocenters. The van der Waals surface area contributed by atoms with E-state index < -0.39 is 0 Å². The SMILES string of the molecule is CC1=Cc2cccc(-c3cc(C)c(C)cc3C)c2C1. The zero-order valence-corrected chi connectivity index (χ0v) is 12.2. The molecule has 2 aromatic carbocycles. The molecule has 0 N–H and O–H groups in total. The Morgan fingerprint density at radius 1 is 0.789 bits per heavy atom. The van der Waals surface area contributed by atoms with Crippen molar-refractivity contribution in [1.29, 1.82) is 0 Å². The van der Waals surface area contributed by atoms with Crippen LogP contribution < -0.4 is 0 Å². The molecule has 0 fully saturated rings. The highest BCUT2D eigenvalue weighted by molar-refractivity contribution is 5.79. The quantitative estimate of drug-likeness (QED) is 0.647. The van der Waals surface area contributed by atoms with E-state index in [1.807, 2.05) is 0 Å². The Hall–Kier alpha value is -1.82. The lowest BCUT2D eigenvalue weighted by molar-refractivity contribution is 1.19. The lowest BCUT2D eigenvalue weighted by Gasteiger charge is -2.14. The van der Waals surface area contributed by atoms with Crippen LogP contribution in [-0.4, -0.2) is 0 Å². The zero-order valence-electron chi connectivity index (χ0n) is 12.2. The Bertz CT molecular complexity index is 687. The van der Waals surface area contributed by atoms with Crippen LogP contribution in [0.4, 0.5) is 0 Å². The van der Waals surface area contributed by atoms with Crippen LogP contribution in [0.25, 0.3) is 17.2 Å². The monoisotopic (exact) mass is 248 g/mol. The number of rotatable bonds is 1. The predicted molar refractivity (Wildman–Crippen MR) is 83.4 cm³/mol. The van der Waals surface area contributed by atoms with E-state index in [0.717, 1.165) is 6.42 Å². The van der Waals surface area contributed by atoms with E-state index >= 15 is 0 Å². The van der Waals surface area contributed by atoms with Crippen LogP contribution >= 0.6 is 0 Å². The van der Waals surface area contributed by atoms with E-state index in [2.05, 4.69) is 64.1 Å². The molecule has 0 bridgehead atoms. The van der Waals surface area contributed by atoms with Gasteiger partial charge in [-0.05, 0) is 73.1 Å². The third-order valence-electron chi connectivity index (χ3n) is 4.20. The summed E-state index contributed by atoms with van der Waals surface area (Å²) >= 11 is 0. The minimum atomic E-state index is 1.10. The first-order chi connectivity index (χ1) is 9.06. The molecular formula is C19H20. The van der Waals surface area contributed by atoms with Gasteiger partial charge in [0.1, 0.15) is 0 Å². The van der Waals surface area contributed by atoms with Crippen LogP contribution in [0.5, 0.6) is 0 Å². The number of hydrogen-bond acceptors (Lipinski definition) is 0. The number of aryl methyl sites for hydroxylation is 3. The van der Waals surface area contributed by atoms with Crippen molar-refractivity contribution in [3.05, 3.63) is 63.7 Å². The Morgan fingerprint density at radius 2 is 1.53 bits per heavy atom. The molecule has 3 rings (SSSR count). The lowest BCUT2D eigenvalue weighted by atomic mass is 9.91. The van der Waals surface area contributed by atoms with Gasteiger partial charge in [0, 0.05) is 0 Å². The molecule has 0 saturated heterocycles. The topological polar surface area (TPSA) is 0 Å². The summed E-state index contributed by atoms with van der Waals surface area (Å²) < 4.78 is 0. The summed E-state index contributed by atoms with van der Waals surface area (Å²) in [6.45, 7) is 8.83. The molecule has 0 amide bonds. The summed E-state index contributed by atoms with van der Waals surface area (Å²) in [5, 5.41) is 0. The molecule has 0 radical (unpaired) electrons. The third kappa shape index (κ3) is 2.02. The van der Waals surface area contributed by atoms with E-state index in [9.17, 15) is 0 Å². The summed E-state index contributed by atoms with van der Waals surface area (Å²) in [5.74, 6) is 0. The van der Waals surface area contributed by atoms with Crippen LogP contribution in [0, 0.1) is 20.8 Å². The standard InChI is InChI=1S/C19H20/c1-12-8-16-6-5-7-17(19(16)9-12)18-11-14(3)13(2)10-15(18)4/h5-8,10-11H,9H2,1-4H3. The van der Waals surface area contributed by atoms with Crippen molar-refractivity contribution in [3.63, 3.8) is 0 Å². The highest BCUT2D eigenvalue weighted by atomic mass is 14.2. The average Bonchev–Trinajstić information content (AvgIpc) is 2.74. The molecular weight excluding hydrogens is 228 g/mol. The zero-order chi connectivity index (χ0) is 13.6. The molecule has 0 aliphatic heterocycles. The van der Waals surface area contributed by atoms with Crippen LogP contribution in [-0.2, 0) is 6.42 Å². The van der Waals surface area contributed by atoms with Crippen LogP contribution in [0.3, 0.4) is 0 Å². The second-order valence-corrected chi connectivity index (χ2v) is 5.79. The van der Waals surface area contributed by atoms with E-state index in [4.69, 9.17) is 0 Å². The molecule has 2 aromatic rings. The van der Waals surface area contributed by atoms with Crippen molar-refractivity contribution in [3.8, 4) is 11.1 Å². The second-order valence-electron chi connectivity index (χ2n) is 5.79. The molecule has 1 aliphatic carbocycles. The first kappa shape index (κ1) is 12.2. The van der Waals surface area contributed by atoms with Crippen molar-refractivity contribution in [2.24, 2.45) is 0 Å². The maximum atomic E-state index is 2.34.